The number of anilines is 1. The smallest absolute Gasteiger partial charge is 0.196 e. The number of hydrogen-bond acceptors (Lipinski definition) is 2. The van der Waals surface area contributed by atoms with Gasteiger partial charge in [-0.2, -0.15) is 0 Å². The van der Waals surface area contributed by atoms with E-state index in [0.717, 1.165) is 12.4 Å². The molecule has 116 valence electrons. The van der Waals surface area contributed by atoms with Crippen LogP contribution in [0.25, 0.3) is 0 Å². The van der Waals surface area contributed by atoms with Crippen LogP contribution in [0.15, 0.2) is 29.3 Å². The van der Waals surface area contributed by atoms with E-state index in [4.69, 9.17) is 4.99 Å². The van der Waals surface area contributed by atoms with Crippen molar-refractivity contribution >= 4 is 11.6 Å². The molecule has 21 heavy (non-hydrogen) atoms. The Balaban J connectivity index is 2.15. The average molecular weight is 289 g/mol. The van der Waals surface area contributed by atoms with Crippen LogP contribution in [0.3, 0.4) is 0 Å². The quantitative estimate of drug-likeness (QED) is 0.451. The summed E-state index contributed by atoms with van der Waals surface area (Å²) in [6.07, 6.45) is 4.96. The Labute approximate surface area is 127 Å². The summed E-state index contributed by atoms with van der Waals surface area (Å²) in [5, 5.41) is 16.5. The lowest BCUT2D eigenvalue weighted by Crippen LogP contribution is -2.38. The van der Waals surface area contributed by atoms with Gasteiger partial charge in [-0.25, -0.2) is 4.99 Å². The minimum atomic E-state index is 0.243. The van der Waals surface area contributed by atoms with E-state index in [-0.39, 0.29) is 5.75 Å². The first-order valence-electron chi connectivity index (χ1n) is 7.95. The molecule has 0 aromatic heterocycles. The molecule has 0 bridgehead atoms. The van der Waals surface area contributed by atoms with Crippen LogP contribution in [0.4, 0.5) is 5.69 Å². The third-order valence-electron chi connectivity index (χ3n) is 3.94. The maximum absolute atomic E-state index is 9.91. The van der Waals surface area contributed by atoms with Crippen LogP contribution in [0.5, 0.6) is 5.75 Å². The number of aromatic hydroxyl groups is 1. The number of guanidine groups is 1. The molecule has 0 amide bonds. The first kappa shape index (κ1) is 15.7. The molecule has 0 aliphatic heterocycles. The van der Waals surface area contributed by atoms with Crippen LogP contribution in [-0.4, -0.2) is 23.1 Å². The van der Waals surface area contributed by atoms with E-state index in [9.17, 15) is 5.11 Å². The van der Waals surface area contributed by atoms with Crippen LogP contribution < -0.4 is 10.6 Å². The van der Waals surface area contributed by atoms with Crippen LogP contribution in [-0.2, 0) is 0 Å². The van der Waals surface area contributed by atoms with E-state index in [1.54, 1.807) is 6.07 Å². The van der Waals surface area contributed by atoms with Gasteiger partial charge in [-0.3, -0.25) is 0 Å². The van der Waals surface area contributed by atoms with Gasteiger partial charge >= 0.3 is 0 Å². The van der Waals surface area contributed by atoms with Gasteiger partial charge in [0.25, 0.3) is 0 Å². The molecule has 0 saturated heterocycles. The zero-order chi connectivity index (χ0) is 15.2. The van der Waals surface area contributed by atoms with E-state index in [2.05, 4.69) is 31.4 Å². The zero-order valence-electron chi connectivity index (χ0n) is 13.3. The van der Waals surface area contributed by atoms with Crippen molar-refractivity contribution in [3.63, 3.8) is 0 Å². The Morgan fingerprint density at radius 2 is 1.95 bits per heavy atom. The monoisotopic (exact) mass is 289 g/mol. The summed E-state index contributed by atoms with van der Waals surface area (Å²) in [5.74, 6) is 1.62. The van der Waals surface area contributed by atoms with Crippen LogP contribution in [0.1, 0.15) is 46.5 Å². The van der Waals surface area contributed by atoms with Gasteiger partial charge < -0.3 is 15.7 Å². The molecule has 1 aromatic carbocycles. The zero-order valence-corrected chi connectivity index (χ0v) is 13.3. The minimum absolute atomic E-state index is 0.243. The summed E-state index contributed by atoms with van der Waals surface area (Å²) < 4.78 is 0. The predicted octanol–water partition coefficient (Wildman–Crippen LogP) is 3.74. The van der Waals surface area contributed by atoms with Crippen molar-refractivity contribution in [2.45, 2.75) is 58.5 Å². The Morgan fingerprint density at radius 1 is 1.24 bits per heavy atom. The molecule has 4 heteroatoms. The first-order chi connectivity index (χ1) is 10.1. The van der Waals surface area contributed by atoms with Gasteiger partial charge in [0.05, 0.1) is 11.7 Å². The molecular weight excluding hydrogens is 262 g/mol. The summed E-state index contributed by atoms with van der Waals surface area (Å²) in [6.45, 7) is 6.46. The molecule has 1 fully saturated rings. The number of benzene rings is 1. The molecule has 0 heterocycles. The lowest BCUT2D eigenvalue weighted by atomic mass is 9.86. The average Bonchev–Trinajstić information content (AvgIpc) is 2.43. The molecule has 0 radical (unpaired) electrons. The van der Waals surface area contributed by atoms with Crippen molar-refractivity contribution in [1.82, 2.24) is 5.32 Å². The predicted molar refractivity (Wildman–Crippen MR) is 88.9 cm³/mol. The van der Waals surface area contributed by atoms with Gasteiger partial charge in [-0.1, -0.05) is 31.9 Å². The Morgan fingerprint density at radius 3 is 2.62 bits per heavy atom. The highest BCUT2D eigenvalue weighted by Gasteiger charge is 2.21. The summed E-state index contributed by atoms with van der Waals surface area (Å²) >= 11 is 0. The van der Waals surface area contributed by atoms with E-state index in [1.165, 1.54) is 19.3 Å². The van der Waals surface area contributed by atoms with E-state index in [0.29, 0.717) is 23.7 Å². The standard InChI is InChI=1S/C17H27N3O/c1-12(2)18-17(19-14-9-5-4-8-13(14)3)20-15-10-6-7-11-16(15)21/h6-7,10-14,21H,4-5,8-9H2,1-3H3,(H2,18,19,20). The number of phenols is 1. The van der Waals surface area contributed by atoms with Gasteiger partial charge in [-0.15, -0.1) is 0 Å². The van der Waals surface area contributed by atoms with Gasteiger partial charge in [0.1, 0.15) is 5.75 Å². The molecule has 1 aliphatic rings. The van der Waals surface area contributed by atoms with Crippen LogP contribution in [0.2, 0.25) is 0 Å². The first-order valence-corrected chi connectivity index (χ1v) is 7.95. The van der Waals surface area contributed by atoms with E-state index < -0.39 is 0 Å². The molecule has 1 aliphatic carbocycles. The van der Waals surface area contributed by atoms with Crippen molar-refractivity contribution in [3.8, 4) is 5.75 Å². The summed E-state index contributed by atoms with van der Waals surface area (Å²) in [6, 6.07) is 7.91. The molecule has 2 unspecified atom stereocenters. The Hall–Kier alpha value is -1.71. The van der Waals surface area contributed by atoms with Crippen molar-refractivity contribution in [2.75, 3.05) is 5.32 Å². The van der Waals surface area contributed by atoms with Crippen molar-refractivity contribution in [2.24, 2.45) is 10.9 Å². The van der Waals surface area contributed by atoms with Gasteiger partial charge in [0.2, 0.25) is 0 Å². The van der Waals surface area contributed by atoms with Crippen LogP contribution >= 0.6 is 0 Å². The summed E-state index contributed by atoms with van der Waals surface area (Å²) in [7, 11) is 0. The number of nitrogens with zero attached hydrogens (tertiary/aromatic N) is 1. The topological polar surface area (TPSA) is 56.7 Å². The molecule has 2 atom stereocenters. The molecular formula is C17H27N3O. The highest BCUT2D eigenvalue weighted by atomic mass is 16.3. The SMILES string of the molecule is CC(C)NC(=NC1CCCCC1C)Nc1ccccc1O. The second-order valence-corrected chi connectivity index (χ2v) is 6.25. The summed E-state index contributed by atoms with van der Waals surface area (Å²) in [5.41, 5.74) is 0.688. The third kappa shape index (κ3) is 4.66. The fraction of sp³-hybridized carbons (Fsp3) is 0.588. The molecule has 1 aromatic rings. The maximum atomic E-state index is 9.91. The third-order valence-corrected chi connectivity index (χ3v) is 3.94. The highest BCUT2D eigenvalue weighted by molar-refractivity contribution is 5.95. The van der Waals surface area contributed by atoms with E-state index >= 15 is 0 Å². The number of rotatable bonds is 3. The summed E-state index contributed by atoms with van der Waals surface area (Å²) in [4.78, 5) is 4.88. The lowest BCUT2D eigenvalue weighted by Gasteiger charge is -2.27. The molecule has 0 spiro atoms. The number of nitrogens with one attached hydrogen (secondary N) is 2. The van der Waals surface area contributed by atoms with Gasteiger partial charge in [-0.05, 0) is 44.7 Å². The fourth-order valence-electron chi connectivity index (χ4n) is 2.74. The number of phenolic OH excluding ortho intramolecular Hbond substituents is 1. The van der Waals surface area contributed by atoms with Gasteiger partial charge in [0.15, 0.2) is 5.96 Å². The highest BCUT2D eigenvalue weighted by Crippen LogP contribution is 2.27. The normalized spacial score (nSPS) is 23.1. The second-order valence-electron chi connectivity index (χ2n) is 6.25. The van der Waals surface area contributed by atoms with Gasteiger partial charge in [0, 0.05) is 6.04 Å². The van der Waals surface area contributed by atoms with Crippen LogP contribution in [0, 0.1) is 5.92 Å². The number of para-hydroxylation sites is 2. The number of aliphatic imine (C=N–C) groups is 1. The van der Waals surface area contributed by atoms with Crippen molar-refractivity contribution in [3.05, 3.63) is 24.3 Å². The van der Waals surface area contributed by atoms with Crippen molar-refractivity contribution in [1.29, 1.82) is 0 Å². The fourth-order valence-corrected chi connectivity index (χ4v) is 2.74. The maximum Gasteiger partial charge on any atom is 0.196 e. The van der Waals surface area contributed by atoms with E-state index in [1.807, 2.05) is 18.2 Å². The molecule has 2 rings (SSSR count). The second kappa shape index (κ2) is 7.34. The molecule has 1 saturated carbocycles. The number of hydrogen-bond donors (Lipinski definition) is 3. The molecule has 4 nitrogen and oxygen atoms in total. The minimum Gasteiger partial charge on any atom is -0.506 e. The molecule has 3 N–H and O–H groups in total. The largest absolute Gasteiger partial charge is 0.506 e. The Bertz CT molecular complexity index is 485. The Kier molecular flexibility index (Phi) is 5.48. The lowest BCUT2D eigenvalue weighted by molar-refractivity contribution is 0.332. The van der Waals surface area contributed by atoms with Crippen molar-refractivity contribution < 1.29 is 5.11 Å².